The Morgan fingerprint density at radius 1 is 1.43 bits per heavy atom. The summed E-state index contributed by atoms with van der Waals surface area (Å²) in [5.74, 6) is -0.443. The zero-order valence-corrected chi connectivity index (χ0v) is 8.86. The first-order valence-corrected chi connectivity index (χ1v) is 5.06. The first-order chi connectivity index (χ1) is 6.69. The van der Waals surface area contributed by atoms with Crippen LogP contribution in [0.1, 0.15) is 13.3 Å². The predicted molar refractivity (Wildman–Crippen MR) is 53.5 cm³/mol. The number of rotatable bonds is 2. The van der Waals surface area contributed by atoms with Crippen molar-refractivity contribution in [1.29, 1.82) is 5.26 Å². The standard InChI is InChI=1S/C10H17N3O/c1-3-9(8-11)10(14)13-6-4-12(2)5-7-13/h9H,3-7H2,1-2H3. The van der Waals surface area contributed by atoms with Crippen molar-refractivity contribution < 1.29 is 4.79 Å². The van der Waals surface area contributed by atoms with Gasteiger partial charge in [-0.2, -0.15) is 5.26 Å². The first-order valence-electron chi connectivity index (χ1n) is 5.06. The molecule has 0 aliphatic carbocycles. The van der Waals surface area contributed by atoms with Gasteiger partial charge in [-0.1, -0.05) is 6.92 Å². The summed E-state index contributed by atoms with van der Waals surface area (Å²) >= 11 is 0. The first kappa shape index (κ1) is 11.0. The van der Waals surface area contributed by atoms with Gasteiger partial charge in [0.05, 0.1) is 6.07 Å². The maximum atomic E-state index is 11.8. The number of carbonyl (C=O) groups excluding carboxylic acids is 1. The molecule has 14 heavy (non-hydrogen) atoms. The molecule has 1 aliphatic rings. The van der Waals surface area contributed by atoms with Gasteiger partial charge in [-0.05, 0) is 13.5 Å². The van der Waals surface area contributed by atoms with E-state index in [0.29, 0.717) is 6.42 Å². The second kappa shape index (κ2) is 4.97. The van der Waals surface area contributed by atoms with Crippen LogP contribution in [0, 0.1) is 17.2 Å². The molecule has 1 unspecified atom stereocenters. The van der Waals surface area contributed by atoms with Crippen molar-refractivity contribution in [3.8, 4) is 6.07 Å². The second-order valence-electron chi connectivity index (χ2n) is 3.72. The van der Waals surface area contributed by atoms with Crippen molar-refractivity contribution in [3.63, 3.8) is 0 Å². The third kappa shape index (κ3) is 2.46. The number of likely N-dealkylation sites (N-methyl/N-ethyl adjacent to an activating group) is 1. The van der Waals surface area contributed by atoms with Crippen LogP contribution in [0.5, 0.6) is 0 Å². The molecule has 0 spiro atoms. The minimum absolute atomic E-state index is 0.00287. The molecule has 1 amide bonds. The van der Waals surface area contributed by atoms with E-state index >= 15 is 0 Å². The van der Waals surface area contributed by atoms with Crippen LogP contribution in [0.4, 0.5) is 0 Å². The lowest BCUT2D eigenvalue weighted by molar-refractivity contribution is -0.135. The van der Waals surface area contributed by atoms with Crippen LogP contribution in [0.25, 0.3) is 0 Å². The zero-order chi connectivity index (χ0) is 10.6. The molecule has 1 atom stereocenters. The number of hydrogen-bond donors (Lipinski definition) is 0. The van der Waals surface area contributed by atoms with Gasteiger partial charge in [-0.25, -0.2) is 0 Å². The topological polar surface area (TPSA) is 47.3 Å². The summed E-state index contributed by atoms with van der Waals surface area (Å²) in [7, 11) is 2.05. The predicted octanol–water partition coefficient (Wildman–Crippen LogP) is 0.310. The van der Waals surface area contributed by atoms with Crippen molar-refractivity contribution in [2.24, 2.45) is 5.92 Å². The molecule has 1 heterocycles. The maximum absolute atomic E-state index is 11.8. The molecule has 1 fully saturated rings. The highest BCUT2D eigenvalue weighted by Gasteiger charge is 2.24. The van der Waals surface area contributed by atoms with E-state index in [-0.39, 0.29) is 5.91 Å². The van der Waals surface area contributed by atoms with Crippen molar-refractivity contribution in [2.75, 3.05) is 33.2 Å². The van der Waals surface area contributed by atoms with Gasteiger partial charge in [0.2, 0.25) is 5.91 Å². The molecule has 1 rings (SSSR count). The average Bonchev–Trinajstić information content (AvgIpc) is 2.20. The van der Waals surface area contributed by atoms with Gasteiger partial charge in [0.25, 0.3) is 0 Å². The molecule has 0 bridgehead atoms. The van der Waals surface area contributed by atoms with Crippen molar-refractivity contribution in [1.82, 2.24) is 9.80 Å². The van der Waals surface area contributed by atoms with Gasteiger partial charge in [-0.3, -0.25) is 4.79 Å². The summed E-state index contributed by atoms with van der Waals surface area (Å²) in [4.78, 5) is 15.7. The summed E-state index contributed by atoms with van der Waals surface area (Å²) in [6.07, 6.45) is 0.613. The molecule has 4 heteroatoms. The Balaban J connectivity index is 2.49. The van der Waals surface area contributed by atoms with E-state index in [1.54, 1.807) is 4.90 Å². The number of hydrogen-bond acceptors (Lipinski definition) is 3. The van der Waals surface area contributed by atoms with Gasteiger partial charge in [0, 0.05) is 26.2 Å². The van der Waals surface area contributed by atoms with Crippen LogP contribution in [0.2, 0.25) is 0 Å². The van der Waals surface area contributed by atoms with Gasteiger partial charge in [-0.15, -0.1) is 0 Å². The Morgan fingerprint density at radius 3 is 2.43 bits per heavy atom. The Hall–Kier alpha value is -1.08. The lowest BCUT2D eigenvalue weighted by Gasteiger charge is -2.33. The number of carbonyl (C=O) groups is 1. The monoisotopic (exact) mass is 195 g/mol. The van der Waals surface area contributed by atoms with E-state index in [0.717, 1.165) is 26.2 Å². The number of piperazine rings is 1. The summed E-state index contributed by atoms with van der Waals surface area (Å²) in [5, 5.41) is 8.77. The molecule has 0 aromatic rings. The lowest BCUT2D eigenvalue weighted by atomic mass is 10.1. The minimum atomic E-state index is -0.446. The Labute approximate surface area is 85.1 Å². The fourth-order valence-corrected chi connectivity index (χ4v) is 1.57. The third-order valence-electron chi connectivity index (χ3n) is 2.68. The van der Waals surface area contributed by atoms with E-state index in [1.165, 1.54) is 0 Å². The highest BCUT2D eigenvalue weighted by Crippen LogP contribution is 2.09. The normalized spacial score (nSPS) is 20.2. The molecule has 4 nitrogen and oxygen atoms in total. The Bertz CT molecular complexity index is 238. The molecular formula is C10H17N3O. The SMILES string of the molecule is CCC(C#N)C(=O)N1CCN(C)CC1. The molecule has 0 aromatic heterocycles. The zero-order valence-electron chi connectivity index (χ0n) is 8.86. The second-order valence-corrected chi connectivity index (χ2v) is 3.72. The highest BCUT2D eigenvalue weighted by molar-refractivity contribution is 5.81. The van der Waals surface area contributed by atoms with Crippen LogP contribution in [0.3, 0.4) is 0 Å². The van der Waals surface area contributed by atoms with Crippen molar-refractivity contribution in [3.05, 3.63) is 0 Å². The molecular weight excluding hydrogens is 178 g/mol. The lowest BCUT2D eigenvalue weighted by Crippen LogP contribution is -2.48. The molecule has 1 saturated heterocycles. The van der Waals surface area contributed by atoms with Crippen LogP contribution in [-0.2, 0) is 4.79 Å². The highest BCUT2D eigenvalue weighted by atomic mass is 16.2. The Morgan fingerprint density at radius 2 is 2.00 bits per heavy atom. The Kier molecular flexibility index (Phi) is 3.90. The maximum Gasteiger partial charge on any atom is 0.240 e. The molecule has 0 radical (unpaired) electrons. The van der Waals surface area contributed by atoms with E-state index in [9.17, 15) is 4.79 Å². The molecule has 0 N–H and O–H groups in total. The largest absolute Gasteiger partial charge is 0.339 e. The van der Waals surface area contributed by atoms with E-state index in [4.69, 9.17) is 5.26 Å². The van der Waals surface area contributed by atoms with Crippen LogP contribution >= 0.6 is 0 Å². The fourth-order valence-electron chi connectivity index (χ4n) is 1.57. The smallest absolute Gasteiger partial charge is 0.240 e. The van der Waals surface area contributed by atoms with Crippen LogP contribution in [-0.4, -0.2) is 48.9 Å². The quantitative estimate of drug-likeness (QED) is 0.637. The van der Waals surface area contributed by atoms with E-state index in [1.807, 2.05) is 14.0 Å². The fraction of sp³-hybridized carbons (Fsp3) is 0.800. The van der Waals surface area contributed by atoms with Crippen LogP contribution in [0.15, 0.2) is 0 Å². The van der Waals surface area contributed by atoms with Crippen molar-refractivity contribution in [2.45, 2.75) is 13.3 Å². The average molecular weight is 195 g/mol. The number of amides is 1. The molecule has 1 aliphatic heterocycles. The van der Waals surface area contributed by atoms with Gasteiger partial charge >= 0.3 is 0 Å². The van der Waals surface area contributed by atoms with Crippen LogP contribution < -0.4 is 0 Å². The molecule has 78 valence electrons. The third-order valence-corrected chi connectivity index (χ3v) is 2.68. The van der Waals surface area contributed by atoms with E-state index < -0.39 is 5.92 Å². The van der Waals surface area contributed by atoms with Gasteiger partial charge in [0.15, 0.2) is 0 Å². The summed E-state index contributed by atoms with van der Waals surface area (Å²) in [6, 6.07) is 2.06. The van der Waals surface area contributed by atoms with Gasteiger partial charge in [0.1, 0.15) is 5.92 Å². The summed E-state index contributed by atoms with van der Waals surface area (Å²) in [6.45, 7) is 5.21. The van der Waals surface area contributed by atoms with E-state index in [2.05, 4.69) is 11.0 Å². The number of nitriles is 1. The van der Waals surface area contributed by atoms with Crippen molar-refractivity contribution >= 4 is 5.91 Å². The minimum Gasteiger partial charge on any atom is -0.339 e. The number of nitrogens with zero attached hydrogens (tertiary/aromatic N) is 3. The molecule has 0 aromatic carbocycles. The molecule has 0 saturated carbocycles. The van der Waals surface area contributed by atoms with Gasteiger partial charge < -0.3 is 9.80 Å². The summed E-state index contributed by atoms with van der Waals surface area (Å²) in [5.41, 5.74) is 0. The summed E-state index contributed by atoms with van der Waals surface area (Å²) < 4.78 is 0.